The Balaban J connectivity index is 2.45. The Kier molecular flexibility index (Phi) is 6.67. The summed E-state index contributed by atoms with van der Waals surface area (Å²) in [7, 11) is 0. The lowest BCUT2D eigenvalue weighted by Gasteiger charge is -2.18. The van der Waals surface area contributed by atoms with Crippen LogP contribution in [0.1, 0.15) is 19.4 Å². The minimum Gasteiger partial charge on any atom is -0.492 e. The van der Waals surface area contributed by atoms with Gasteiger partial charge in [0.2, 0.25) is 0 Å². The Bertz CT molecular complexity index is 311. The second-order valence-electron chi connectivity index (χ2n) is 3.96. The van der Waals surface area contributed by atoms with Gasteiger partial charge in [-0.25, -0.2) is 0 Å². The van der Waals surface area contributed by atoms with Crippen LogP contribution in [-0.4, -0.2) is 42.9 Å². The molecule has 0 atom stereocenters. The first kappa shape index (κ1) is 14.0. The van der Waals surface area contributed by atoms with Gasteiger partial charge < -0.3 is 14.7 Å². The number of benzene rings is 1. The highest BCUT2D eigenvalue weighted by molar-refractivity contribution is 5.33. The van der Waals surface area contributed by atoms with E-state index in [1.165, 1.54) is 0 Å². The summed E-state index contributed by atoms with van der Waals surface area (Å²) < 4.78 is 5.77. The molecule has 0 saturated carbocycles. The molecule has 0 heterocycles. The third-order valence-electron chi connectivity index (χ3n) is 2.91. The molecule has 0 spiro atoms. The summed E-state index contributed by atoms with van der Waals surface area (Å²) in [4.78, 5) is 2.33. The average molecular weight is 237 g/mol. The SMILES string of the molecule is CCN(CC)CCOc1ccccc1CCO. The Morgan fingerprint density at radius 1 is 1.18 bits per heavy atom. The third-order valence-corrected chi connectivity index (χ3v) is 2.91. The number of hydrogen-bond acceptors (Lipinski definition) is 3. The van der Waals surface area contributed by atoms with Gasteiger partial charge in [0.1, 0.15) is 12.4 Å². The number of hydrogen-bond donors (Lipinski definition) is 1. The van der Waals surface area contributed by atoms with Gasteiger partial charge in [0.15, 0.2) is 0 Å². The molecule has 1 N–H and O–H groups in total. The van der Waals surface area contributed by atoms with Crippen LogP contribution in [0.3, 0.4) is 0 Å². The summed E-state index contributed by atoms with van der Waals surface area (Å²) in [5.74, 6) is 0.897. The highest BCUT2D eigenvalue weighted by atomic mass is 16.5. The maximum absolute atomic E-state index is 8.97. The molecule has 17 heavy (non-hydrogen) atoms. The first-order valence-corrected chi connectivity index (χ1v) is 6.35. The summed E-state index contributed by atoms with van der Waals surface area (Å²) in [5, 5.41) is 8.97. The van der Waals surface area contributed by atoms with E-state index in [0.29, 0.717) is 13.0 Å². The van der Waals surface area contributed by atoms with Gasteiger partial charge >= 0.3 is 0 Å². The van der Waals surface area contributed by atoms with Crippen LogP contribution in [0.25, 0.3) is 0 Å². The summed E-state index contributed by atoms with van der Waals surface area (Å²) in [6, 6.07) is 7.91. The van der Waals surface area contributed by atoms with Crippen LogP contribution in [-0.2, 0) is 6.42 Å². The zero-order valence-corrected chi connectivity index (χ0v) is 10.9. The number of likely N-dealkylation sites (N-methyl/N-ethyl adjacent to an activating group) is 1. The molecule has 1 aromatic rings. The van der Waals surface area contributed by atoms with Crippen LogP contribution in [0, 0.1) is 0 Å². The van der Waals surface area contributed by atoms with Gasteiger partial charge in [-0.3, -0.25) is 0 Å². The van der Waals surface area contributed by atoms with Crippen molar-refractivity contribution in [3.8, 4) is 5.75 Å². The zero-order chi connectivity index (χ0) is 12.5. The van der Waals surface area contributed by atoms with E-state index in [1.54, 1.807) is 0 Å². The maximum Gasteiger partial charge on any atom is 0.122 e. The number of nitrogens with zero attached hydrogens (tertiary/aromatic N) is 1. The fourth-order valence-corrected chi connectivity index (χ4v) is 1.80. The van der Waals surface area contributed by atoms with Crippen molar-refractivity contribution in [1.82, 2.24) is 4.90 Å². The molecule has 1 aromatic carbocycles. The van der Waals surface area contributed by atoms with Crippen LogP contribution >= 0.6 is 0 Å². The molecule has 0 saturated heterocycles. The van der Waals surface area contributed by atoms with E-state index in [9.17, 15) is 0 Å². The van der Waals surface area contributed by atoms with E-state index in [1.807, 2.05) is 24.3 Å². The quantitative estimate of drug-likeness (QED) is 0.750. The molecule has 1 rings (SSSR count). The third kappa shape index (κ3) is 4.75. The summed E-state index contributed by atoms with van der Waals surface area (Å²) >= 11 is 0. The number of para-hydroxylation sites is 1. The molecule has 0 aliphatic heterocycles. The molecule has 0 fully saturated rings. The van der Waals surface area contributed by atoms with Crippen molar-refractivity contribution >= 4 is 0 Å². The molecule has 3 heteroatoms. The van der Waals surface area contributed by atoms with Crippen molar-refractivity contribution in [2.75, 3.05) is 32.8 Å². The summed E-state index contributed by atoms with van der Waals surface area (Å²) in [6.07, 6.45) is 0.654. The Labute approximate surface area is 104 Å². The van der Waals surface area contributed by atoms with E-state index >= 15 is 0 Å². The molecular formula is C14H23NO2. The first-order chi connectivity index (χ1) is 8.31. The highest BCUT2D eigenvalue weighted by Crippen LogP contribution is 2.18. The summed E-state index contributed by atoms with van der Waals surface area (Å²) in [5.41, 5.74) is 1.08. The second kappa shape index (κ2) is 8.09. The number of aliphatic hydroxyl groups is 1. The summed E-state index contributed by atoms with van der Waals surface area (Å²) in [6.45, 7) is 8.23. The van der Waals surface area contributed by atoms with Gasteiger partial charge in [-0.15, -0.1) is 0 Å². The molecule has 0 amide bonds. The molecule has 96 valence electrons. The van der Waals surface area contributed by atoms with Crippen molar-refractivity contribution in [2.24, 2.45) is 0 Å². The Morgan fingerprint density at radius 3 is 2.53 bits per heavy atom. The van der Waals surface area contributed by atoms with Gasteiger partial charge in [0.25, 0.3) is 0 Å². The minimum absolute atomic E-state index is 0.163. The molecular weight excluding hydrogens is 214 g/mol. The van der Waals surface area contributed by atoms with E-state index in [2.05, 4.69) is 18.7 Å². The van der Waals surface area contributed by atoms with Crippen molar-refractivity contribution in [1.29, 1.82) is 0 Å². The van der Waals surface area contributed by atoms with E-state index in [-0.39, 0.29) is 6.61 Å². The van der Waals surface area contributed by atoms with E-state index in [0.717, 1.165) is 30.9 Å². The number of ether oxygens (including phenoxy) is 1. The lowest BCUT2D eigenvalue weighted by Crippen LogP contribution is -2.28. The smallest absolute Gasteiger partial charge is 0.122 e. The van der Waals surface area contributed by atoms with E-state index in [4.69, 9.17) is 9.84 Å². The van der Waals surface area contributed by atoms with E-state index < -0.39 is 0 Å². The molecule has 3 nitrogen and oxygen atoms in total. The van der Waals surface area contributed by atoms with Crippen molar-refractivity contribution in [3.05, 3.63) is 29.8 Å². The standard InChI is InChI=1S/C14H23NO2/c1-3-15(4-2)10-12-17-14-8-6-5-7-13(14)9-11-16/h5-8,16H,3-4,9-12H2,1-2H3. The van der Waals surface area contributed by atoms with Crippen molar-refractivity contribution in [3.63, 3.8) is 0 Å². The fourth-order valence-electron chi connectivity index (χ4n) is 1.80. The topological polar surface area (TPSA) is 32.7 Å². The maximum atomic E-state index is 8.97. The van der Waals surface area contributed by atoms with Crippen LogP contribution in [0.4, 0.5) is 0 Å². The lowest BCUT2D eigenvalue weighted by atomic mass is 10.1. The van der Waals surface area contributed by atoms with Crippen LogP contribution in [0.2, 0.25) is 0 Å². The minimum atomic E-state index is 0.163. The molecule has 0 bridgehead atoms. The molecule has 0 radical (unpaired) electrons. The molecule has 0 aliphatic carbocycles. The monoisotopic (exact) mass is 237 g/mol. The van der Waals surface area contributed by atoms with Gasteiger partial charge in [-0.05, 0) is 31.1 Å². The van der Waals surface area contributed by atoms with Gasteiger partial charge in [-0.1, -0.05) is 32.0 Å². The van der Waals surface area contributed by atoms with Crippen LogP contribution in [0.15, 0.2) is 24.3 Å². The zero-order valence-electron chi connectivity index (χ0n) is 10.9. The first-order valence-electron chi connectivity index (χ1n) is 6.35. The Morgan fingerprint density at radius 2 is 1.88 bits per heavy atom. The molecule has 0 aliphatic rings. The van der Waals surface area contributed by atoms with Gasteiger partial charge in [0.05, 0.1) is 0 Å². The number of rotatable bonds is 8. The van der Waals surface area contributed by atoms with Crippen LogP contribution in [0.5, 0.6) is 5.75 Å². The van der Waals surface area contributed by atoms with Gasteiger partial charge in [0, 0.05) is 13.2 Å². The van der Waals surface area contributed by atoms with Crippen molar-refractivity contribution < 1.29 is 9.84 Å². The normalized spacial score (nSPS) is 10.8. The fraction of sp³-hybridized carbons (Fsp3) is 0.571. The lowest BCUT2D eigenvalue weighted by molar-refractivity contribution is 0.220. The predicted molar refractivity (Wildman–Crippen MR) is 70.5 cm³/mol. The largest absolute Gasteiger partial charge is 0.492 e. The average Bonchev–Trinajstić information content (AvgIpc) is 2.37. The number of aliphatic hydroxyl groups excluding tert-OH is 1. The van der Waals surface area contributed by atoms with Crippen molar-refractivity contribution in [2.45, 2.75) is 20.3 Å². The Hall–Kier alpha value is -1.06. The van der Waals surface area contributed by atoms with Gasteiger partial charge in [-0.2, -0.15) is 0 Å². The molecule has 0 unspecified atom stereocenters. The van der Waals surface area contributed by atoms with Crippen LogP contribution < -0.4 is 4.74 Å². The molecule has 0 aromatic heterocycles. The highest BCUT2D eigenvalue weighted by Gasteiger charge is 2.03. The predicted octanol–water partition coefficient (Wildman–Crippen LogP) is 1.94. The second-order valence-corrected chi connectivity index (χ2v) is 3.96.